The normalized spacial score (nSPS) is 18.8. The predicted molar refractivity (Wildman–Crippen MR) is 89.5 cm³/mol. The highest BCUT2D eigenvalue weighted by Crippen LogP contribution is 2.17. The van der Waals surface area contributed by atoms with E-state index >= 15 is 0 Å². The highest BCUT2D eigenvalue weighted by Gasteiger charge is 2.29. The van der Waals surface area contributed by atoms with Crippen LogP contribution in [-0.4, -0.2) is 66.9 Å². The van der Waals surface area contributed by atoms with Crippen LogP contribution in [0.2, 0.25) is 0 Å². The third-order valence-corrected chi connectivity index (χ3v) is 4.50. The SMILES string of the molecule is O=C(CN1C(=O)CCNC1=O)N1CCCN(c2ccc(F)cc2)CC1. The first-order valence-electron chi connectivity index (χ1n) is 8.41. The highest BCUT2D eigenvalue weighted by atomic mass is 19.1. The monoisotopic (exact) mass is 348 g/mol. The van der Waals surface area contributed by atoms with Gasteiger partial charge in [0.05, 0.1) is 0 Å². The topological polar surface area (TPSA) is 73.0 Å². The molecule has 0 aliphatic carbocycles. The fourth-order valence-electron chi connectivity index (χ4n) is 3.09. The van der Waals surface area contributed by atoms with Crippen LogP contribution in [0, 0.1) is 5.82 Å². The molecule has 1 N–H and O–H groups in total. The molecule has 0 unspecified atom stereocenters. The van der Waals surface area contributed by atoms with Crippen LogP contribution in [0.1, 0.15) is 12.8 Å². The van der Waals surface area contributed by atoms with Gasteiger partial charge in [-0.25, -0.2) is 9.18 Å². The molecular weight excluding hydrogens is 327 g/mol. The lowest BCUT2D eigenvalue weighted by atomic mass is 10.2. The molecule has 3 rings (SSSR count). The van der Waals surface area contributed by atoms with Crippen LogP contribution in [-0.2, 0) is 9.59 Å². The first-order valence-corrected chi connectivity index (χ1v) is 8.41. The number of amides is 4. The number of urea groups is 1. The summed E-state index contributed by atoms with van der Waals surface area (Å²) >= 11 is 0. The lowest BCUT2D eigenvalue weighted by Crippen LogP contribution is -2.53. The van der Waals surface area contributed by atoms with Gasteiger partial charge in [-0.3, -0.25) is 14.5 Å². The molecule has 25 heavy (non-hydrogen) atoms. The third-order valence-electron chi connectivity index (χ3n) is 4.50. The number of carbonyl (C=O) groups is 3. The highest BCUT2D eigenvalue weighted by molar-refractivity contribution is 6.00. The van der Waals surface area contributed by atoms with Gasteiger partial charge in [-0.1, -0.05) is 0 Å². The molecule has 0 saturated carbocycles. The Balaban J connectivity index is 1.58. The zero-order valence-electron chi connectivity index (χ0n) is 13.9. The maximum absolute atomic E-state index is 13.1. The van der Waals surface area contributed by atoms with Crippen molar-refractivity contribution in [3.8, 4) is 0 Å². The molecule has 0 aromatic heterocycles. The smallest absolute Gasteiger partial charge is 0.324 e. The molecule has 2 aliphatic rings. The maximum atomic E-state index is 13.1. The molecule has 0 bridgehead atoms. The summed E-state index contributed by atoms with van der Waals surface area (Å²) < 4.78 is 13.1. The lowest BCUT2D eigenvalue weighted by Gasteiger charge is -2.28. The van der Waals surface area contributed by atoms with Crippen molar-refractivity contribution < 1.29 is 18.8 Å². The van der Waals surface area contributed by atoms with E-state index in [1.165, 1.54) is 12.1 Å². The Labute approximate surface area is 145 Å². The first-order chi connectivity index (χ1) is 12.0. The summed E-state index contributed by atoms with van der Waals surface area (Å²) in [6.45, 7) is 2.55. The zero-order valence-corrected chi connectivity index (χ0v) is 13.9. The number of hydrogen-bond donors (Lipinski definition) is 1. The van der Waals surface area contributed by atoms with Crippen molar-refractivity contribution in [3.63, 3.8) is 0 Å². The van der Waals surface area contributed by atoms with Crippen molar-refractivity contribution in [2.45, 2.75) is 12.8 Å². The number of carbonyl (C=O) groups excluding carboxylic acids is 3. The van der Waals surface area contributed by atoms with Crippen molar-refractivity contribution in [3.05, 3.63) is 30.1 Å². The first kappa shape index (κ1) is 17.2. The van der Waals surface area contributed by atoms with Crippen molar-refractivity contribution in [1.82, 2.24) is 15.1 Å². The van der Waals surface area contributed by atoms with E-state index in [0.717, 1.165) is 23.6 Å². The number of halogens is 1. The van der Waals surface area contributed by atoms with Gasteiger partial charge in [0.25, 0.3) is 0 Å². The molecule has 0 spiro atoms. The van der Waals surface area contributed by atoms with Crippen LogP contribution in [0.25, 0.3) is 0 Å². The Bertz CT molecular complexity index is 648. The van der Waals surface area contributed by atoms with E-state index in [2.05, 4.69) is 10.2 Å². The summed E-state index contributed by atoms with van der Waals surface area (Å²) in [6, 6.07) is 5.79. The summed E-state index contributed by atoms with van der Waals surface area (Å²) in [6.07, 6.45) is 0.987. The van der Waals surface area contributed by atoms with Crippen molar-refractivity contribution in [2.24, 2.45) is 0 Å². The number of hydrogen-bond acceptors (Lipinski definition) is 4. The summed E-state index contributed by atoms with van der Waals surface area (Å²) in [4.78, 5) is 40.8. The minimum absolute atomic E-state index is 0.220. The van der Waals surface area contributed by atoms with Gasteiger partial charge in [-0.15, -0.1) is 0 Å². The molecule has 8 heteroatoms. The molecule has 2 aliphatic heterocycles. The summed E-state index contributed by atoms with van der Waals surface area (Å²) in [5.74, 6) is -0.828. The van der Waals surface area contributed by atoms with E-state index in [-0.39, 0.29) is 30.6 Å². The summed E-state index contributed by atoms with van der Waals surface area (Å²) in [5.41, 5.74) is 0.918. The molecule has 0 atom stereocenters. The van der Waals surface area contributed by atoms with Crippen LogP contribution in [0.4, 0.5) is 14.9 Å². The van der Waals surface area contributed by atoms with Gasteiger partial charge >= 0.3 is 6.03 Å². The summed E-state index contributed by atoms with van der Waals surface area (Å²) in [7, 11) is 0. The van der Waals surface area contributed by atoms with Gasteiger partial charge in [0.1, 0.15) is 12.4 Å². The summed E-state index contributed by atoms with van der Waals surface area (Å²) in [5, 5.41) is 2.57. The molecule has 2 heterocycles. The number of nitrogens with zero attached hydrogens (tertiary/aromatic N) is 3. The second kappa shape index (κ2) is 7.50. The lowest BCUT2D eigenvalue weighted by molar-refractivity contribution is -0.138. The van der Waals surface area contributed by atoms with Crippen LogP contribution in [0.5, 0.6) is 0 Å². The Kier molecular flexibility index (Phi) is 5.16. The average Bonchev–Trinajstić information content (AvgIpc) is 2.85. The van der Waals surface area contributed by atoms with Gasteiger partial charge in [0.2, 0.25) is 11.8 Å². The second-order valence-electron chi connectivity index (χ2n) is 6.16. The van der Waals surface area contributed by atoms with Gasteiger partial charge in [-0.2, -0.15) is 0 Å². The maximum Gasteiger partial charge on any atom is 0.324 e. The fraction of sp³-hybridized carbons (Fsp3) is 0.471. The Morgan fingerprint density at radius 1 is 1.08 bits per heavy atom. The van der Waals surface area contributed by atoms with E-state index < -0.39 is 6.03 Å². The molecule has 7 nitrogen and oxygen atoms in total. The molecule has 2 fully saturated rings. The standard InChI is InChI=1S/C17H21FN4O3/c18-13-2-4-14(5-3-13)20-8-1-9-21(11-10-20)16(24)12-22-15(23)6-7-19-17(22)25/h2-5H,1,6-12H2,(H,19,25). The average molecular weight is 348 g/mol. The molecule has 2 saturated heterocycles. The van der Waals surface area contributed by atoms with E-state index in [4.69, 9.17) is 0 Å². The zero-order chi connectivity index (χ0) is 17.8. The quantitative estimate of drug-likeness (QED) is 0.877. The Morgan fingerprint density at radius 3 is 2.56 bits per heavy atom. The minimum Gasteiger partial charge on any atom is -0.370 e. The molecule has 1 aromatic rings. The largest absolute Gasteiger partial charge is 0.370 e. The van der Waals surface area contributed by atoms with E-state index in [1.54, 1.807) is 17.0 Å². The van der Waals surface area contributed by atoms with Crippen LogP contribution in [0.15, 0.2) is 24.3 Å². The predicted octanol–water partition coefficient (Wildman–Crippen LogP) is 0.806. The molecule has 134 valence electrons. The van der Waals surface area contributed by atoms with E-state index in [9.17, 15) is 18.8 Å². The van der Waals surface area contributed by atoms with Crippen LogP contribution < -0.4 is 10.2 Å². The van der Waals surface area contributed by atoms with Gasteiger partial charge in [0, 0.05) is 44.8 Å². The minimum atomic E-state index is -0.507. The number of anilines is 1. The number of rotatable bonds is 3. The van der Waals surface area contributed by atoms with Crippen molar-refractivity contribution in [1.29, 1.82) is 0 Å². The molecular formula is C17H21FN4O3. The van der Waals surface area contributed by atoms with Gasteiger partial charge in [-0.05, 0) is 30.7 Å². The Morgan fingerprint density at radius 2 is 1.84 bits per heavy atom. The van der Waals surface area contributed by atoms with Crippen molar-refractivity contribution in [2.75, 3.05) is 44.2 Å². The van der Waals surface area contributed by atoms with E-state index in [1.807, 2.05) is 0 Å². The molecule has 4 amide bonds. The molecule has 1 aromatic carbocycles. The fourth-order valence-corrected chi connectivity index (χ4v) is 3.09. The van der Waals surface area contributed by atoms with Crippen molar-refractivity contribution >= 4 is 23.5 Å². The number of benzene rings is 1. The molecule has 0 radical (unpaired) electrons. The third kappa shape index (κ3) is 4.07. The van der Waals surface area contributed by atoms with Gasteiger partial charge in [0.15, 0.2) is 0 Å². The second-order valence-corrected chi connectivity index (χ2v) is 6.16. The number of nitrogens with one attached hydrogen (secondary N) is 1. The van der Waals surface area contributed by atoms with Crippen LogP contribution in [0.3, 0.4) is 0 Å². The van der Waals surface area contributed by atoms with E-state index in [0.29, 0.717) is 26.2 Å². The Hall–Kier alpha value is -2.64. The van der Waals surface area contributed by atoms with Gasteiger partial charge < -0.3 is 15.1 Å². The van der Waals surface area contributed by atoms with Crippen LogP contribution >= 0.6 is 0 Å². The number of imide groups is 1.